The monoisotopic (exact) mass is 578 g/mol. The van der Waals surface area contributed by atoms with E-state index < -0.39 is 0 Å². The molecule has 0 bridgehead atoms. The van der Waals surface area contributed by atoms with Crippen molar-refractivity contribution in [3.05, 3.63) is 158 Å². The van der Waals surface area contributed by atoms with Gasteiger partial charge in [0, 0.05) is 38.4 Å². The summed E-state index contributed by atoms with van der Waals surface area (Å²) in [6.45, 7) is 0. The van der Waals surface area contributed by atoms with E-state index in [1.807, 2.05) is 12.3 Å². The molecule has 0 aliphatic heterocycles. The van der Waals surface area contributed by atoms with Gasteiger partial charge in [0.1, 0.15) is 4.83 Å². The van der Waals surface area contributed by atoms with Crippen LogP contribution in [0, 0.1) is 0 Å². The van der Waals surface area contributed by atoms with E-state index in [4.69, 9.17) is 0 Å². The SMILES string of the molecule is c1ccc(-c2ccc(N(c3ccc4sc5ncccc5c4c3)c3cc4ccc5ccccc5c4c4ccccc34)cc2)cc1. The average molecular weight is 579 g/mol. The summed E-state index contributed by atoms with van der Waals surface area (Å²) in [5, 5.41) is 9.98. The molecule has 0 saturated carbocycles. The fraction of sp³-hybridized carbons (Fsp3) is 0. The van der Waals surface area contributed by atoms with Crippen LogP contribution in [0.1, 0.15) is 0 Å². The van der Waals surface area contributed by atoms with Crippen LogP contribution < -0.4 is 4.90 Å². The Kier molecular flexibility index (Phi) is 5.71. The van der Waals surface area contributed by atoms with Crippen LogP contribution in [0.3, 0.4) is 0 Å². The molecule has 0 aliphatic carbocycles. The van der Waals surface area contributed by atoms with Gasteiger partial charge in [-0.1, -0.05) is 103 Å². The minimum absolute atomic E-state index is 1.07. The van der Waals surface area contributed by atoms with E-state index in [0.29, 0.717) is 0 Å². The zero-order chi connectivity index (χ0) is 29.0. The quantitative estimate of drug-likeness (QED) is 0.193. The summed E-state index contributed by atoms with van der Waals surface area (Å²) in [5.74, 6) is 0. The minimum Gasteiger partial charge on any atom is -0.310 e. The van der Waals surface area contributed by atoms with Gasteiger partial charge in [0.15, 0.2) is 0 Å². The van der Waals surface area contributed by atoms with E-state index in [1.165, 1.54) is 58.9 Å². The third kappa shape index (κ3) is 3.98. The van der Waals surface area contributed by atoms with E-state index in [0.717, 1.165) is 21.9 Å². The molecule has 0 spiro atoms. The Labute approximate surface area is 259 Å². The molecule has 3 heteroatoms. The highest BCUT2D eigenvalue weighted by molar-refractivity contribution is 7.25. The normalized spacial score (nSPS) is 11.6. The molecule has 2 nitrogen and oxygen atoms in total. The van der Waals surface area contributed by atoms with Crippen LogP contribution in [0.5, 0.6) is 0 Å². The lowest BCUT2D eigenvalue weighted by molar-refractivity contribution is 1.31. The Morgan fingerprint density at radius 3 is 2.00 bits per heavy atom. The largest absolute Gasteiger partial charge is 0.310 e. The molecule has 0 fully saturated rings. The summed E-state index contributed by atoms with van der Waals surface area (Å²) in [6.07, 6.45) is 1.88. The molecular weight excluding hydrogens is 553 g/mol. The average Bonchev–Trinajstić information content (AvgIpc) is 3.47. The van der Waals surface area contributed by atoms with Crippen LogP contribution >= 0.6 is 11.3 Å². The van der Waals surface area contributed by atoms with Crippen molar-refractivity contribution < 1.29 is 0 Å². The van der Waals surface area contributed by atoms with Crippen LogP contribution in [0.4, 0.5) is 17.1 Å². The first-order valence-corrected chi connectivity index (χ1v) is 15.7. The second kappa shape index (κ2) is 10.0. The Morgan fingerprint density at radius 2 is 1.14 bits per heavy atom. The van der Waals surface area contributed by atoms with Gasteiger partial charge in [0.05, 0.1) is 5.69 Å². The number of nitrogens with zero attached hydrogens (tertiary/aromatic N) is 2. The van der Waals surface area contributed by atoms with Gasteiger partial charge in [0.2, 0.25) is 0 Å². The van der Waals surface area contributed by atoms with Gasteiger partial charge in [-0.25, -0.2) is 4.98 Å². The molecule has 9 rings (SSSR count). The van der Waals surface area contributed by atoms with Crippen molar-refractivity contribution in [1.29, 1.82) is 0 Å². The van der Waals surface area contributed by atoms with E-state index in [-0.39, 0.29) is 0 Å². The van der Waals surface area contributed by atoms with Crippen LogP contribution in [0.15, 0.2) is 158 Å². The maximum absolute atomic E-state index is 4.65. The van der Waals surface area contributed by atoms with Crippen molar-refractivity contribution in [2.24, 2.45) is 0 Å². The lowest BCUT2D eigenvalue weighted by atomic mass is 9.94. The van der Waals surface area contributed by atoms with Crippen LogP contribution in [-0.2, 0) is 0 Å². The van der Waals surface area contributed by atoms with E-state index in [1.54, 1.807) is 11.3 Å². The van der Waals surface area contributed by atoms with Gasteiger partial charge >= 0.3 is 0 Å². The van der Waals surface area contributed by atoms with Crippen molar-refractivity contribution in [3.8, 4) is 11.1 Å². The van der Waals surface area contributed by atoms with Crippen molar-refractivity contribution >= 4 is 81.0 Å². The molecule has 2 aromatic heterocycles. The van der Waals surface area contributed by atoms with Crippen LogP contribution in [0.25, 0.3) is 63.7 Å². The number of rotatable bonds is 4. The maximum atomic E-state index is 4.65. The summed E-state index contributed by atoms with van der Waals surface area (Å²) in [4.78, 5) is 8.15. The summed E-state index contributed by atoms with van der Waals surface area (Å²) >= 11 is 1.75. The van der Waals surface area contributed by atoms with Gasteiger partial charge < -0.3 is 4.90 Å². The molecular formula is C41H26N2S. The first-order valence-electron chi connectivity index (χ1n) is 14.9. The predicted octanol–water partition coefficient (Wildman–Crippen LogP) is 12.0. The number of benzene rings is 7. The highest BCUT2D eigenvalue weighted by Gasteiger charge is 2.19. The third-order valence-corrected chi connectivity index (χ3v) is 9.78. The summed E-state index contributed by atoms with van der Waals surface area (Å²) in [6, 6.07) is 55.0. The number of fused-ring (bicyclic) bond motifs is 8. The number of thiophene rings is 1. The van der Waals surface area contributed by atoms with Gasteiger partial charge in [-0.15, -0.1) is 11.3 Å². The van der Waals surface area contributed by atoms with Crippen molar-refractivity contribution in [3.63, 3.8) is 0 Å². The Balaban J connectivity index is 1.33. The Bertz CT molecular complexity index is 2490. The molecule has 0 aliphatic rings. The predicted molar refractivity (Wildman–Crippen MR) is 190 cm³/mol. The number of anilines is 3. The molecule has 44 heavy (non-hydrogen) atoms. The van der Waals surface area contributed by atoms with Crippen molar-refractivity contribution in [1.82, 2.24) is 4.98 Å². The Morgan fingerprint density at radius 1 is 0.455 bits per heavy atom. The molecule has 0 amide bonds. The highest BCUT2D eigenvalue weighted by Crippen LogP contribution is 2.45. The van der Waals surface area contributed by atoms with E-state index in [9.17, 15) is 0 Å². The minimum atomic E-state index is 1.07. The summed E-state index contributed by atoms with van der Waals surface area (Å²) < 4.78 is 1.25. The summed E-state index contributed by atoms with van der Waals surface area (Å²) in [5.41, 5.74) is 5.82. The fourth-order valence-corrected chi connectivity index (χ4v) is 7.67. The fourth-order valence-electron chi connectivity index (χ4n) is 6.64. The smallest absolute Gasteiger partial charge is 0.124 e. The topological polar surface area (TPSA) is 16.1 Å². The summed E-state index contributed by atoms with van der Waals surface area (Å²) in [7, 11) is 0. The molecule has 0 N–H and O–H groups in total. The lowest BCUT2D eigenvalue weighted by Crippen LogP contribution is -2.10. The van der Waals surface area contributed by atoms with Crippen molar-refractivity contribution in [2.75, 3.05) is 4.90 Å². The first kappa shape index (κ1) is 25.0. The van der Waals surface area contributed by atoms with Gasteiger partial charge in [-0.05, 0) is 86.6 Å². The van der Waals surface area contributed by atoms with Gasteiger partial charge in [-0.3, -0.25) is 0 Å². The van der Waals surface area contributed by atoms with Crippen LogP contribution in [0.2, 0.25) is 0 Å². The van der Waals surface area contributed by atoms with Crippen LogP contribution in [-0.4, -0.2) is 4.98 Å². The molecule has 2 heterocycles. The third-order valence-electron chi connectivity index (χ3n) is 8.69. The molecule has 0 radical (unpaired) electrons. The molecule has 7 aromatic carbocycles. The molecule has 206 valence electrons. The highest BCUT2D eigenvalue weighted by atomic mass is 32.1. The van der Waals surface area contributed by atoms with Gasteiger partial charge in [0.25, 0.3) is 0 Å². The second-order valence-electron chi connectivity index (χ2n) is 11.2. The molecule has 0 saturated heterocycles. The molecule has 9 aromatic rings. The van der Waals surface area contributed by atoms with Crippen molar-refractivity contribution in [2.45, 2.75) is 0 Å². The second-order valence-corrected chi connectivity index (χ2v) is 12.2. The lowest BCUT2D eigenvalue weighted by Gasteiger charge is -2.28. The standard InChI is InChI=1S/C41H26N2S/c1-2-9-27(10-3-1)28-18-20-31(21-19-28)43(32-22-23-39-37(26-32)36-15-8-24-42-41(36)44-39)38-25-30-17-16-29-11-4-5-12-33(29)40(30)35-14-7-6-13-34(35)38/h1-26H. The van der Waals surface area contributed by atoms with Gasteiger partial charge in [-0.2, -0.15) is 0 Å². The zero-order valence-corrected chi connectivity index (χ0v) is 24.6. The zero-order valence-electron chi connectivity index (χ0n) is 23.8. The van der Waals surface area contributed by atoms with E-state index in [2.05, 4.69) is 155 Å². The number of hydrogen-bond donors (Lipinski definition) is 0. The number of aromatic nitrogens is 1. The van der Waals surface area contributed by atoms with E-state index >= 15 is 0 Å². The molecule has 0 atom stereocenters. The Hall–Kier alpha value is -5.51. The molecule has 0 unspecified atom stereocenters. The maximum Gasteiger partial charge on any atom is 0.124 e. The number of hydrogen-bond acceptors (Lipinski definition) is 3. The number of pyridine rings is 1. The first-order chi connectivity index (χ1) is 21.8.